The van der Waals surface area contributed by atoms with E-state index in [9.17, 15) is 21.6 Å². The highest BCUT2D eigenvalue weighted by Gasteiger charge is 2.19. The number of nitrogens with zero attached hydrogens (tertiary/aromatic N) is 2. The van der Waals surface area contributed by atoms with Gasteiger partial charge in [-0.2, -0.15) is 0 Å². The molecular weight excluding hydrogens is 524 g/mol. The zero-order valence-corrected chi connectivity index (χ0v) is 22.3. The Bertz CT molecular complexity index is 1640. The molecule has 9 nitrogen and oxygen atoms in total. The zero-order valence-electron chi connectivity index (χ0n) is 20.7. The lowest BCUT2D eigenvalue weighted by Gasteiger charge is -2.23. The highest BCUT2D eigenvalue weighted by atomic mass is 32.2. The van der Waals surface area contributed by atoms with Crippen molar-refractivity contribution < 1.29 is 21.6 Å². The summed E-state index contributed by atoms with van der Waals surface area (Å²) < 4.78 is 53.7. The second-order valence-electron chi connectivity index (χ2n) is 8.60. The molecule has 0 fully saturated rings. The highest BCUT2D eigenvalue weighted by Crippen LogP contribution is 2.22. The van der Waals surface area contributed by atoms with Crippen LogP contribution in [0, 0.1) is 6.92 Å². The molecule has 0 atom stereocenters. The lowest BCUT2D eigenvalue weighted by molar-refractivity contribution is 0.102. The number of rotatable bonds is 9. The van der Waals surface area contributed by atoms with Gasteiger partial charge in [-0.25, -0.2) is 21.8 Å². The van der Waals surface area contributed by atoms with Crippen molar-refractivity contribution in [1.29, 1.82) is 0 Å². The van der Waals surface area contributed by atoms with E-state index in [2.05, 4.69) is 15.0 Å². The maximum absolute atomic E-state index is 12.7. The van der Waals surface area contributed by atoms with Crippen molar-refractivity contribution >= 4 is 43.1 Å². The summed E-state index contributed by atoms with van der Waals surface area (Å²) in [4.78, 5) is 16.7. The van der Waals surface area contributed by atoms with Crippen LogP contribution >= 0.6 is 0 Å². The summed E-state index contributed by atoms with van der Waals surface area (Å²) in [5.74, 6) is -0.190. The van der Waals surface area contributed by atoms with Gasteiger partial charge < -0.3 is 5.32 Å². The van der Waals surface area contributed by atoms with Gasteiger partial charge in [-0.15, -0.1) is 0 Å². The molecule has 38 heavy (non-hydrogen) atoms. The summed E-state index contributed by atoms with van der Waals surface area (Å²) in [5.41, 5.74) is 3.00. The van der Waals surface area contributed by atoms with Crippen molar-refractivity contribution in [3.63, 3.8) is 0 Å². The Balaban J connectivity index is 1.42. The fourth-order valence-electron chi connectivity index (χ4n) is 3.65. The molecule has 2 N–H and O–H groups in total. The molecule has 0 bridgehead atoms. The van der Waals surface area contributed by atoms with Crippen molar-refractivity contribution in [3.05, 3.63) is 114 Å². The molecule has 0 spiro atoms. The molecule has 196 valence electrons. The summed E-state index contributed by atoms with van der Waals surface area (Å²) in [6, 6.07) is 24.5. The number of carbonyl (C=O) groups is 1. The van der Waals surface area contributed by atoms with E-state index in [0.717, 1.165) is 11.8 Å². The largest absolute Gasteiger partial charge is 0.322 e. The van der Waals surface area contributed by atoms with Gasteiger partial charge in [0.2, 0.25) is 10.0 Å². The van der Waals surface area contributed by atoms with Gasteiger partial charge in [0.15, 0.2) is 0 Å². The Morgan fingerprint density at radius 3 is 2.18 bits per heavy atom. The van der Waals surface area contributed by atoms with Crippen LogP contribution in [0.1, 0.15) is 21.5 Å². The van der Waals surface area contributed by atoms with Crippen LogP contribution in [0.25, 0.3) is 0 Å². The van der Waals surface area contributed by atoms with Gasteiger partial charge in [-0.05, 0) is 78.7 Å². The van der Waals surface area contributed by atoms with E-state index in [1.807, 2.05) is 13.0 Å². The first-order chi connectivity index (χ1) is 18.0. The molecule has 1 heterocycles. The van der Waals surface area contributed by atoms with Crippen LogP contribution in [0.5, 0.6) is 0 Å². The number of pyridine rings is 1. The average Bonchev–Trinajstić information content (AvgIpc) is 2.87. The first-order valence-electron chi connectivity index (χ1n) is 11.5. The van der Waals surface area contributed by atoms with Crippen molar-refractivity contribution in [2.75, 3.05) is 20.6 Å². The van der Waals surface area contributed by atoms with Crippen molar-refractivity contribution in [2.45, 2.75) is 18.4 Å². The minimum atomic E-state index is -3.83. The average molecular weight is 551 g/mol. The molecule has 4 aromatic rings. The van der Waals surface area contributed by atoms with E-state index < -0.39 is 26.0 Å². The predicted octanol–water partition coefficient (Wildman–Crippen LogP) is 4.41. The molecule has 0 aliphatic rings. The molecular formula is C27H26N4O5S2. The summed E-state index contributed by atoms with van der Waals surface area (Å²) in [7, 11) is -7.36. The van der Waals surface area contributed by atoms with Gasteiger partial charge in [0, 0.05) is 17.4 Å². The van der Waals surface area contributed by atoms with E-state index in [0.29, 0.717) is 22.5 Å². The smallest absolute Gasteiger partial charge is 0.263 e. The molecule has 0 radical (unpaired) electrons. The van der Waals surface area contributed by atoms with Gasteiger partial charge in [0.05, 0.1) is 23.4 Å². The van der Waals surface area contributed by atoms with Gasteiger partial charge in [0.25, 0.3) is 15.9 Å². The van der Waals surface area contributed by atoms with Gasteiger partial charge in [-0.1, -0.05) is 30.3 Å². The van der Waals surface area contributed by atoms with E-state index in [1.54, 1.807) is 60.7 Å². The van der Waals surface area contributed by atoms with Crippen molar-refractivity contribution in [1.82, 2.24) is 4.98 Å². The fourth-order valence-corrected chi connectivity index (χ4v) is 5.54. The summed E-state index contributed by atoms with van der Waals surface area (Å²) in [6.45, 7) is 2.01. The Kier molecular flexibility index (Phi) is 7.79. The fraction of sp³-hybridized carbons (Fsp3) is 0.111. The second kappa shape index (κ2) is 11.0. The van der Waals surface area contributed by atoms with Crippen LogP contribution in [-0.4, -0.2) is 34.0 Å². The van der Waals surface area contributed by atoms with E-state index in [4.69, 9.17) is 0 Å². The maximum atomic E-state index is 12.7. The Morgan fingerprint density at radius 2 is 1.58 bits per heavy atom. The topological polar surface area (TPSA) is 126 Å². The number of carbonyl (C=O) groups excluding carboxylic acids is 1. The third-order valence-corrected chi connectivity index (χ3v) is 8.07. The number of anilines is 3. The molecule has 0 aliphatic carbocycles. The van der Waals surface area contributed by atoms with Crippen LogP contribution in [0.15, 0.2) is 102 Å². The number of nitrogens with one attached hydrogen (secondary N) is 2. The first-order valence-corrected chi connectivity index (χ1v) is 14.8. The molecule has 4 rings (SSSR count). The molecule has 1 amide bonds. The van der Waals surface area contributed by atoms with E-state index >= 15 is 0 Å². The Labute approximate surface area is 222 Å². The van der Waals surface area contributed by atoms with E-state index in [1.165, 1.54) is 34.8 Å². The predicted molar refractivity (Wildman–Crippen MR) is 148 cm³/mol. The third-order valence-electron chi connectivity index (χ3n) is 5.56. The minimum absolute atomic E-state index is 0.0227. The molecule has 0 aliphatic heterocycles. The monoisotopic (exact) mass is 550 g/mol. The SMILES string of the molecule is Cc1cccc(N(Cc2ccc(C(=O)Nc3ccc(S(=O)(=O)Nc4ccccn4)cc3)cc2)S(C)(=O)=O)c1. The number of aromatic nitrogens is 1. The molecule has 1 aromatic heterocycles. The van der Waals surface area contributed by atoms with Crippen LogP contribution in [0.2, 0.25) is 0 Å². The quantitative estimate of drug-likeness (QED) is 0.318. The molecule has 0 unspecified atom stereocenters. The van der Waals surface area contributed by atoms with Gasteiger partial charge in [-0.3, -0.25) is 13.8 Å². The Morgan fingerprint density at radius 1 is 0.868 bits per heavy atom. The number of benzene rings is 3. The number of sulfonamides is 2. The second-order valence-corrected chi connectivity index (χ2v) is 12.2. The van der Waals surface area contributed by atoms with Crippen LogP contribution in [0.3, 0.4) is 0 Å². The van der Waals surface area contributed by atoms with Crippen LogP contribution < -0.4 is 14.3 Å². The van der Waals surface area contributed by atoms with Crippen LogP contribution in [-0.2, 0) is 26.6 Å². The molecule has 0 saturated heterocycles. The summed E-state index contributed by atoms with van der Waals surface area (Å²) in [6.07, 6.45) is 2.64. The van der Waals surface area contributed by atoms with Gasteiger partial charge in [0.1, 0.15) is 5.82 Å². The van der Waals surface area contributed by atoms with Crippen LogP contribution in [0.4, 0.5) is 17.2 Å². The number of hydrogen-bond acceptors (Lipinski definition) is 6. The molecule has 11 heteroatoms. The summed E-state index contributed by atoms with van der Waals surface area (Å²) in [5, 5.41) is 2.73. The highest BCUT2D eigenvalue weighted by molar-refractivity contribution is 7.92. The molecule has 0 saturated carbocycles. The van der Waals surface area contributed by atoms with E-state index in [-0.39, 0.29) is 17.3 Å². The van der Waals surface area contributed by atoms with Crippen molar-refractivity contribution in [2.24, 2.45) is 0 Å². The lowest BCUT2D eigenvalue weighted by Crippen LogP contribution is -2.29. The molecule has 3 aromatic carbocycles. The standard InChI is InChI=1S/C27H26N4O5S2/c1-20-6-5-7-24(18-20)31(37(2,33)34)19-21-9-11-22(12-10-21)27(32)29-23-13-15-25(16-14-23)38(35,36)30-26-8-3-4-17-28-26/h3-18H,19H2,1-2H3,(H,28,30)(H,29,32). The number of amides is 1. The minimum Gasteiger partial charge on any atom is -0.322 e. The van der Waals surface area contributed by atoms with Gasteiger partial charge >= 0.3 is 0 Å². The normalized spacial score (nSPS) is 11.5. The Hall–Kier alpha value is -4.22. The maximum Gasteiger partial charge on any atom is 0.263 e. The lowest BCUT2D eigenvalue weighted by atomic mass is 10.1. The zero-order chi connectivity index (χ0) is 27.3. The first kappa shape index (κ1) is 26.8. The third kappa shape index (κ3) is 6.75. The van der Waals surface area contributed by atoms with Crippen molar-refractivity contribution in [3.8, 4) is 0 Å². The number of aryl methyl sites for hydroxylation is 1. The number of hydrogen-bond donors (Lipinski definition) is 2. The summed E-state index contributed by atoms with van der Waals surface area (Å²) >= 11 is 0.